The number of aryl methyl sites for hydroxylation is 2. The Morgan fingerprint density at radius 2 is 1.81 bits per heavy atom. The van der Waals surface area contributed by atoms with Crippen molar-refractivity contribution in [3.8, 4) is 0 Å². The molecule has 27 heavy (non-hydrogen) atoms. The van der Waals surface area contributed by atoms with E-state index in [0.29, 0.717) is 29.6 Å². The summed E-state index contributed by atoms with van der Waals surface area (Å²) in [5.74, 6) is -0.158. The summed E-state index contributed by atoms with van der Waals surface area (Å²) in [7, 11) is 5.55. The van der Waals surface area contributed by atoms with Gasteiger partial charge in [0, 0.05) is 35.3 Å². The highest BCUT2D eigenvalue weighted by Crippen LogP contribution is 2.20. The van der Waals surface area contributed by atoms with Crippen molar-refractivity contribution >= 4 is 28.0 Å². The SMILES string of the molecule is Cc1ccc(CN(CCN(C)C)C(=O)c2nn(C)c(=O)c3ccccc23)s1. The maximum atomic E-state index is 13.4. The Kier molecular flexibility index (Phi) is 5.72. The molecule has 7 heteroatoms. The van der Waals surface area contributed by atoms with Crippen molar-refractivity contribution in [3.63, 3.8) is 0 Å². The molecule has 0 saturated heterocycles. The molecule has 0 spiro atoms. The molecule has 6 nitrogen and oxygen atoms in total. The highest BCUT2D eigenvalue weighted by atomic mass is 32.1. The number of fused-ring (bicyclic) bond motifs is 1. The molecule has 0 aliphatic carbocycles. The van der Waals surface area contributed by atoms with Gasteiger partial charge in [0.25, 0.3) is 11.5 Å². The molecule has 1 aromatic carbocycles. The average Bonchev–Trinajstić information content (AvgIpc) is 3.06. The van der Waals surface area contributed by atoms with Crippen molar-refractivity contribution in [2.75, 3.05) is 27.2 Å². The Balaban J connectivity index is 2.01. The van der Waals surface area contributed by atoms with E-state index in [-0.39, 0.29) is 11.5 Å². The third-order valence-corrected chi connectivity index (χ3v) is 5.39. The number of likely N-dealkylation sites (N-methyl/N-ethyl adjacent to an activating group) is 1. The first-order chi connectivity index (χ1) is 12.9. The summed E-state index contributed by atoms with van der Waals surface area (Å²) in [6, 6.07) is 11.3. The number of hydrogen-bond acceptors (Lipinski definition) is 5. The lowest BCUT2D eigenvalue weighted by Gasteiger charge is -2.24. The van der Waals surface area contributed by atoms with Crippen molar-refractivity contribution in [3.05, 3.63) is 62.2 Å². The molecule has 0 radical (unpaired) electrons. The lowest BCUT2D eigenvalue weighted by atomic mass is 10.1. The van der Waals surface area contributed by atoms with Gasteiger partial charge in [-0.05, 0) is 39.2 Å². The predicted octanol–water partition coefficient (Wildman–Crippen LogP) is 2.51. The highest BCUT2D eigenvalue weighted by Gasteiger charge is 2.22. The quantitative estimate of drug-likeness (QED) is 0.655. The monoisotopic (exact) mass is 384 g/mol. The molecule has 0 aliphatic heterocycles. The van der Waals surface area contributed by atoms with Crippen molar-refractivity contribution in [2.45, 2.75) is 13.5 Å². The fourth-order valence-electron chi connectivity index (χ4n) is 2.94. The Labute approximate surface area is 162 Å². The number of nitrogens with zero attached hydrogens (tertiary/aromatic N) is 4. The number of aromatic nitrogens is 2. The number of carbonyl (C=O) groups is 1. The van der Waals surface area contributed by atoms with E-state index in [0.717, 1.165) is 11.4 Å². The van der Waals surface area contributed by atoms with Gasteiger partial charge in [-0.1, -0.05) is 18.2 Å². The van der Waals surface area contributed by atoms with E-state index in [1.54, 1.807) is 36.6 Å². The molecule has 0 bridgehead atoms. The molecular formula is C20H24N4O2S. The Hall–Kier alpha value is -2.51. The third kappa shape index (κ3) is 4.26. The van der Waals surface area contributed by atoms with Crippen LogP contribution in [0.4, 0.5) is 0 Å². The summed E-state index contributed by atoms with van der Waals surface area (Å²) in [6.07, 6.45) is 0. The van der Waals surface area contributed by atoms with Crippen LogP contribution in [0.15, 0.2) is 41.2 Å². The van der Waals surface area contributed by atoms with Gasteiger partial charge >= 0.3 is 0 Å². The molecule has 142 valence electrons. The molecule has 1 amide bonds. The fourth-order valence-corrected chi connectivity index (χ4v) is 3.84. The van der Waals surface area contributed by atoms with E-state index in [2.05, 4.69) is 24.2 Å². The molecule has 0 unspecified atom stereocenters. The summed E-state index contributed by atoms with van der Waals surface area (Å²) < 4.78 is 1.25. The Morgan fingerprint density at radius 3 is 2.44 bits per heavy atom. The van der Waals surface area contributed by atoms with Crippen molar-refractivity contribution in [1.29, 1.82) is 0 Å². The lowest BCUT2D eigenvalue weighted by molar-refractivity contribution is 0.0727. The third-order valence-electron chi connectivity index (χ3n) is 4.41. The molecule has 3 aromatic rings. The molecule has 2 aromatic heterocycles. The molecule has 0 atom stereocenters. The van der Waals surface area contributed by atoms with E-state index in [1.807, 2.05) is 30.0 Å². The summed E-state index contributed by atoms with van der Waals surface area (Å²) in [5.41, 5.74) is 0.121. The molecule has 0 saturated carbocycles. The summed E-state index contributed by atoms with van der Waals surface area (Å²) in [6.45, 7) is 3.92. The van der Waals surface area contributed by atoms with Crippen molar-refractivity contribution in [1.82, 2.24) is 19.6 Å². The minimum Gasteiger partial charge on any atom is -0.331 e. The van der Waals surface area contributed by atoms with E-state index in [1.165, 1.54) is 9.56 Å². The van der Waals surface area contributed by atoms with Crippen molar-refractivity contribution in [2.24, 2.45) is 7.05 Å². The van der Waals surface area contributed by atoms with Crippen molar-refractivity contribution < 1.29 is 4.79 Å². The maximum Gasteiger partial charge on any atom is 0.275 e. The second-order valence-corrected chi connectivity index (χ2v) is 8.24. The second-order valence-electron chi connectivity index (χ2n) is 6.87. The first-order valence-corrected chi connectivity index (χ1v) is 9.64. The summed E-state index contributed by atoms with van der Waals surface area (Å²) in [5, 5.41) is 5.41. The standard InChI is InChI=1S/C20H24N4O2S/c1-14-9-10-15(27-14)13-24(12-11-22(2)3)20(26)18-16-7-5-6-8-17(16)19(25)23(4)21-18/h5-10H,11-13H2,1-4H3. The topological polar surface area (TPSA) is 58.4 Å². The number of thiophene rings is 1. The number of benzene rings is 1. The van der Waals surface area contributed by atoms with Crippen LogP contribution in [0, 0.1) is 6.92 Å². The van der Waals surface area contributed by atoms with Gasteiger partial charge in [-0.2, -0.15) is 5.10 Å². The highest BCUT2D eigenvalue weighted by molar-refractivity contribution is 7.11. The number of carbonyl (C=O) groups excluding carboxylic acids is 1. The zero-order valence-corrected chi connectivity index (χ0v) is 16.9. The Bertz CT molecular complexity index is 1020. The van der Waals surface area contributed by atoms with Gasteiger partial charge in [0.2, 0.25) is 0 Å². The minimum atomic E-state index is -0.198. The van der Waals surface area contributed by atoms with Crippen LogP contribution < -0.4 is 5.56 Å². The number of amides is 1. The van der Waals surface area contributed by atoms with Gasteiger partial charge in [0.05, 0.1) is 11.9 Å². The average molecular weight is 385 g/mol. The molecule has 0 fully saturated rings. The molecular weight excluding hydrogens is 360 g/mol. The molecule has 0 aliphatic rings. The van der Waals surface area contributed by atoms with Gasteiger partial charge in [0.15, 0.2) is 5.69 Å². The van der Waals surface area contributed by atoms with Gasteiger partial charge in [-0.15, -0.1) is 11.3 Å². The van der Waals surface area contributed by atoms with Crippen LogP contribution in [0.3, 0.4) is 0 Å². The molecule has 3 rings (SSSR count). The number of hydrogen-bond donors (Lipinski definition) is 0. The first kappa shape index (κ1) is 19.3. The van der Waals surface area contributed by atoms with Gasteiger partial charge in [-0.25, -0.2) is 4.68 Å². The summed E-state index contributed by atoms with van der Waals surface area (Å²) in [4.78, 5) is 31.9. The largest absolute Gasteiger partial charge is 0.331 e. The van der Waals surface area contributed by atoms with Gasteiger partial charge in [0.1, 0.15) is 0 Å². The summed E-state index contributed by atoms with van der Waals surface area (Å²) >= 11 is 1.69. The van der Waals surface area contributed by atoms with Crippen LogP contribution in [-0.4, -0.2) is 52.7 Å². The normalized spacial score (nSPS) is 11.3. The van der Waals surface area contributed by atoms with Crippen LogP contribution in [0.2, 0.25) is 0 Å². The maximum absolute atomic E-state index is 13.4. The van der Waals surface area contributed by atoms with Crippen LogP contribution >= 0.6 is 11.3 Å². The number of rotatable bonds is 6. The van der Waals surface area contributed by atoms with E-state index in [4.69, 9.17) is 0 Å². The zero-order chi connectivity index (χ0) is 19.6. The van der Waals surface area contributed by atoms with Crippen LogP contribution in [0.5, 0.6) is 0 Å². The minimum absolute atomic E-state index is 0.158. The van der Waals surface area contributed by atoms with E-state index >= 15 is 0 Å². The van der Waals surface area contributed by atoms with Crippen LogP contribution in [0.1, 0.15) is 20.2 Å². The lowest BCUT2D eigenvalue weighted by Crippen LogP contribution is -2.37. The first-order valence-electron chi connectivity index (χ1n) is 8.82. The Morgan fingerprint density at radius 1 is 1.11 bits per heavy atom. The van der Waals surface area contributed by atoms with Crippen LogP contribution in [-0.2, 0) is 13.6 Å². The molecule has 2 heterocycles. The fraction of sp³-hybridized carbons (Fsp3) is 0.350. The predicted molar refractivity (Wildman–Crippen MR) is 109 cm³/mol. The zero-order valence-electron chi connectivity index (χ0n) is 16.1. The van der Waals surface area contributed by atoms with E-state index in [9.17, 15) is 9.59 Å². The molecule has 0 N–H and O–H groups in total. The van der Waals surface area contributed by atoms with Gasteiger partial charge < -0.3 is 9.80 Å². The van der Waals surface area contributed by atoms with Crippen LogP contribution in [0.25, 0.3) is 10.8 Å². The second kappa shape index (κ2) is 8.02. The van der Waals surface area contributed by atoms with E-state index < -0.39 is 0 Å². The smallest absolute Gasteiger partial charge is 0.275 e. The van der Waals surface area contributed by atoms with Gasteiger partial charge in [-0.3, -0.25) is 9.59 Å².